The zero-order valence-electron chi connectivity index (χ0n) is 9.77. The van der Waals surface area contributed by atoms with Gasteiger partial charge in [-0.2, -0.15) is 0 Å². The Labute approximate surface area is 113 Å². The molecule has 0 radical (unpaired) electrons. The van der Waals surface area contributed by atoms with Gasteiger partial charge < -0.3 is 5.32 Å². The number of nitrogens with zero attached hydrogens (tertiary/aromatic N) is 1. The molecule has 0 spiro atoms. The number of thiazole rings is 1. The van der Waals surface area contributed by atoms with Crippen molar-refractivity contribution in [3.63, 3.8) is 0 Å². The number of benzene rings is 1. The number of hydrogen-bond donors (Lipinski definition) is 1. The third-order valence-electron chi connectivity index (χ3n) is 3.31. The van der Waals surface area contributed by atoms with E-state index < -0.39 is 0 Å². The van der Waals surface area contributed by atoms with Gasteiger partial charge in [0.15, 0.2) is 0 Å². The number of rotatable bonds is 1. The molecule has 18 heavy (non-hydrogen) atoms. The normalized spacial score (nSPS) is 14.9. The van der Waals surface area contributed by atoms with Crippen LogP contribution in [-0.2, 0) is 13.0 Å². The van der Waals surface area contributed by atoms with Crippen LogP contribution in [0.4, 0.5) is 0 Å². The summed E-state index contributed by atoms with van der Waals surface area (Å²) in [5, 5.41) is 8.16. The van der Waals surface area contributed by atoms with E-state index in [1.54, 1.807) is 11.3 Å². The quantitative estimate of drug-likeness (QED) is 0.731. The molecular weight excluding hydrogens is 260 g/mol. The maximum atomic E-state index is 4.83. The predicted molar refractivity (Wildman–Crippen MR) is 78.3 cm³/mol. The lowest BCUT2D eigenvalue weighted by molar-refractivity contribution is 0.644. The van der Waals surface area contributed by atoms with Crippen LogP contribution in [0.3, 0.4) is 0 Å². The molecule has 3 heterocycles. The van der Waals surface area contributed by atoms with Crippen molar-refractivity contribution in [2.45, 2.75) is 13.0 Å². The summed E-state index contributed by atoms with van der Waals surface area (Å²) in [6.07, 6.45) is 1.06. The second kappa shape index (κ2) is 4.16. The Kier molecular flexibility index (Phi) is 2.46. The summed E-state index contributed by atoms with van der Waals surface area (Å²) >= 11 is 3.65. The van der Waals surface area contributed by atoms with Gasteiger partial charge in [0.25, 0.3) is 0 Å². The number of aromatic nitrogens is 1. The summed E-state index contributed by atoms with van der Waals surface area (Å²) < 4.78 is 1.35. The number of hydrogen-bond acceptors (Lipinski definition) is 4. The van der Waals surface area contributed by atoms with Crippen molar-refractivity contribution in [3.05, 3.63) is 40.2 Å². The molecule has 4 rings (SSSR count). The first-order valence-corrected chi connectivity index (χ1v) is 7.77. The fourth-order valence-corrected chi connectivity index (χ4v) is 4.51. The van der Waals surface area contributed by atoms with Gasteiger partial charge in [-0.15, -0.1) is 22.7 Å². The molecule has 0 amide bonds. The summed E-state index contributed by atoms with van der Waals surface area (Å²) in [4.78, 5) is 6.24. The Morgan fingerprint density at radius 2 is 2.17 bits per heavy atom. The topological polar surface area (TPSA) is 24.9 Å². The molecule has 0 saturated heterocycles. The number of nitrogens with one attached hydrogen (secondary N) is 1. The monoisotopic (exact) mass is 272 g/mol. The fraction of sp³-hybridized carbons (Fsp3) is 0.214. The van der Waals surface area contributed by atoms with Crippen LogP contribution < -0.4 is 5.32 Å². The average Bonchev–Trinajstić information content (AvgIpc) is 3.02. The van der Waals surface area contributed by atoms with Crippen molar-refractivity contribution in [2.24, 2.45) is 0 Å². The second-order valence-electron chi connectivity index (χ2n) is 4.46. The highest BCUT2D eigenvalue weighted by Crippen LogP contribution is 2.37. The van der Waals surface area contributed by atoms with E-state index in [2.05, 4.69) is 35.0 Å². The smallest absolute Gasteiger partial charge is 0.125 e. The lowest BCUT2D eigenvalue weighted by Gasteiger charge is -2.09. The molecule has 3 aromatic rings. The molecular formula is C14H12N2S2. The molecule has 0 bridgehead atoms. The van der Waals surface area contributed by atoms with Crippen molar-refractivity contribution < 1.29 is 0 Å². The molecule has 90 valence electrons. The van der Waals surface area contributed by atoms with Crippen LogP contribution in [0.2, 0.25) is 0 Å². The largest absolute Gasteiger partial charge is 0.311 e. The van der Waals surface area contributed by atoms with E-state index in [1.165, 1.54) is 31.2 Å². The van der Waals surface area contributed by atoms with Crippen molar-refractivity contribution in [2.75, 3.05) is 6.54 Å². The molecule has 1 aromatic carbocycles. The maximum Gasteiger partial charge on any atom is 0.125 e. The van der Waals surface area contributed by atoms with Crippen LogP contribution in [0.1, 0.15) is 10.6 Å². The minimum absolute atomic E-state index is 0.981. The van der Waals surface area contributed by atoms with Gasteiger partial charge in [-0.05, 0) is 6.07 Å². The SMILES string of the molecule is c1ccc2c(-c3nc4c(s3)CNCC4)csc2c1. The summed E-state index contributed by atoms with van der Waals surface area (Å²) in [5.74, 6) is 0. The third-order valence-corrected chi connectivity index (χ3v) is 5.41. The van der Waals surface area contributed by atoms with Crippen molar-refractivity contribution >= 4 is 32.8 Å². The van der Waals surface area contributed by atoms with Gasteiger partial charge in [-0.25, -0.2) is 4.98 Å². The molecule has 0 atom stereocenters. The highest BCUT2D eigenvalue weighted by Gasteiger charge is 2.17. The molecule has 1 aliphatic rings. The van der Waals surface area contributed by atoms with Gasteiger partial charge >= 0.3 is 0 Å². The Balaban J connectivity index is 1.89. The Hall–Kier alpha value is -1.23. The van der Waals surface area contributed by atoms with Crippen LogP contribution in [0, 0.1) is 0 Å². The van der Waals surface area contributed by atoms with E-state index >= 15 is 0 Å². The zero-order valence-corrected chi connectivity index (χ0v) is 11.4. The lowest BCUT2D eigenvalue weighted by Crippen LogP contribution is -2.22. The van der Waals surface area contributed by atoms with Crippen molar-refractivity contribution in [1.29, 1.82) is 0 Å². The second-order valence-corrected chi connectivity index (χ2v) is 6.46. The molecule has 0 saturated carbocycles. The van der Waals surface area contributed by atoms with E-state index in [1.807, 2.05) is 11.3 Å². The summed E-state index contributed by atoms with van der Waals surface area (Å²) in [5.41, 5.74) is 2.60. The van der Waals surface area contributed by atoms with Gasteiger partial charge in [0.2, 0.25) is 0 Å². The maximum absolute atomic E-state index is 4.83. The van der Waals surface area contributed by atoms with E-state index in [0.717, 1.165) is 19.5 Å². The highest BCUT2D eigenvalue weighted by molar-refractivity contribution is 7.19. The van der Waals surface area contributed by atoms with E-state index in [4.69, 9.17) is 4.98 Å². The molecule has 2 aromatic heterocycles. The summed E-state index contributed by atoms with van der Waals surface area (Å²) in [6, 6.07) is 8.57. The first kappa shape index (κ1) is 10.7. The molecule has 2 nitrogen and oxygen atoms in total. The van der Waals surface area contributed by atoms with Crippen molar-refractivity contribution in [3.8, 4) is 10.6 Å². The van der Waals surface area contributed by atoms with Crippen LogP contribution in [0.5, 0.6) is 0 Å². The van der Waals surface area contributed by atoms with E-state index in [-0.39, 0.29) is 0 Å². The first-order valence-electron chi connectivity index (χ1n) is 6.08. The molecule has 0 fully saturated rings. The zero-order chi connectivity index (χ0) is 11.9. The Bertz CT molecular complexity index is 688. The third kappa shape index (κ3) is 1.61. The molecule has 4 heteroatoms. The Morgan fingerprint density at radius 3 is 3.11 bits per heavy atom. The Morgan fingerprint density at radius 1 is 1.22 bits per heavy atom. The van der Waals surface area contributed by atoms with Crippen LogP contribution in [-0.4, -0.2) is 11.5 Å². The lowest BCUT2D eigenvalue weighted by atomic mass is 10.2. The molecule has 1 aliphatic heterocycles. The van der Waals surface area contributed by atoms with Gasteiger partial charge in [0.05, 0.1) is 5.69 Å². The van der Waals surface area contributed by atoms with E-state index in [9.17, 15) is 0 Å². The predicted octanol–water partition coefficient (Wildman–Crippen LogP) is 3.67. The summed E-state index contributed by atoms with van der Waals surface area (Å²) in [6.45, 7) is 2.04. The van der Waals surface area contributed by atoms with Gasteiger partial charge in [0, 0.05) is 45.4 Å². The number of thiophene rings is 1. The van der Waals surface area contributed by atoms with Gasteiger partial charge in [0.1, 0.15) is 5.01 Å². The minimum Gasteiger partial charge on any atom is -0.311 e. The minimum atomic E-state index is 0.981. The fourth-order valence-electron chi connectivity index (χ4n) is 2.38. The standard InChI is InChI=1S/C14H12N2S2/c1-2-4-12-9(3-1)10(8-17-12)14-16-11-5-6-15-7-13(11)18-14/h1-4,8,15H,5-7H2. The highest BCUT2D eigenvalue weighted by atomic mass is 32.1. The van der Waals surface area contributed by atoms with Crippen LogP contribution >= 0.6 is 22.7 Å². The molecule has 0 unspecified atom stereocenters. The number of fused-ring (bicyclic) bond motifs is 2. The molecule has 0 aliphatic carbocycles. The van der Waals surface area contributed by atoms with Gasteiger partial charge in [-0.3, -0.25) is 0 Å². The van der Waals surface area contributed by atoms with Crippen molar-refractivity contribution in [1.82, 2.24) is 10.3 Å². The van der Waals surface area contributed by atoms with Gasteiger partial charge in [-0.1, -0.05) is 18.2 Å². The first-order chi connectivity index (χ1) is 8.92. The summed E-state index contributed by atoms with van der Waals surface area (Å²) in [7, 11) is 0. The van der Waals surface area contributed by atoms with Crippen LogP contribution in [0.15, 0.2) is 29.6 Å². The van der Waals surface area contributed by atoms with Crippen LogP contribution in [0.25, 0.3) is 20.7 Å². The van der Waals surface area contributed by atoms with E-state index in [0.29, 0.717) is 0 Å². The molecule has 1 N–H and O–H groups in total. The average molecular weight is 272 g/mol.